The number of carbonyl (C=O) groups is 1. The molecule has 0 unspecified atom stereocenters. The van der Waals surface area contributed by atoms with Crippen LogP contribution in [0.5, 0.6) is 0 Å². The maximum Gasteiger partial charge on any atom is 0.240 e. The second-order valence-electron chi connectivity index (χ2n) is 5.96. The highest BCUT2D eigenvalue weighted by Crippen LogP contribution is 2.31. The molecule has 1 amide bonds. The predicted molar refractivity (Wildman–Crippen MR) is 99.6 cm³/mol. The highest BCUT2D eigenvalue weighted by atomic mass is 32.2. The van der Waals surface area contributed by atoms with Crippen LogP contribution in [0.25, 0.3) is 11.4 Å². The van der Waals surface area contributed by atoms with Crippen LogP contribution in [0.2, 0.25) is 0 Å². The van der Waals surface area contributed by atoms with E-state index in [2.05, 4.69) is 21.2 Å². The molecule has 0 fully saturated rings. The molecule has 0 bridgehead atoms. The van der Waals surface area contributed by atoms with Crippen LogP contribution in [0.3, 0.4) is 0 Å². The highest BCUT2D eigenvalue weighted by molar-refractivity contribution is 8.00. The number of carbonyl (C=O) groups excluding carboxylic acids is 1. The van der Waals surface area contributed by atoms with E-state index in [4.69, 9.17) is 0 Å². The lowest BCUT2D eigenvalue weighted by atomic mass is 10.2. The Hall–Kier alpha value is -2.60. The average Bonchev–Trinajstić information content (AvgIpc) is 3.29. The summed E-state index contributed by atoms with van der Waals surface area (Å²) in [6.07, 6.45) is 0.915. The molecule has 6 heteroatoms. The Morgan fingerprint density at radius 1 is 1.16 bits per heavy atom. The summed E-state index contributed by atoms with van der Waals surface area (Å²) in [5.41, 5.74) is 3.24. The molecule has 0 saturated carbocycles. The van der Waals surface area contributed by atoms with Gasteiger partial charge in [-0.3, -0.25) is 9.89 Å². The van der Waals surface area contributed by atoms with Crippen LogP contribution in [0.15, 0.2) is 59.8 Å². The lowest BCUT2D eigenvalue weighted by molar-refractivity contribution is -0.117. The number of benzene rings is 2. The Kier molecular flexibility index (Phi) is 4.28. The highest BCUT2D eigenvalue weighted by Gasteiger charge is 2.28. The Balaban J connectivity index is 1.47. The summed E-state index contributed by atoms with van der Waals surface area (Å²) in [7, 11) is 0. The van der Waals surface area contributed by atoms with Gasteiger partial charge in [0.25, 0.3) is 0 Å². The largest absolute Gasteiger partial charge is 0.311 e. The summed E-state index contributed by atoms with van der Waals surface area (Å²) in [4.78, 5) is 19.2. The van der Waals surface area contributed by atoms with Gasteiger partial charge in [-0.15, -0.1) is 5.10 Å². The molecule has 1 aliphatic rings. The predicted octanol–water partition coefficient (Wildman–Crippen LogP) is 3.54. The quantitative estimate of drug-likeness (QED) is 0.731. The van der Waals surface area contributed by atoms with Crippen LogP contribution in [0.4, 0.5) is 5.69 Å². The molecule has 2 heterocycles. The third-order valence-electron chi connectivity index (χ3n) is 4.30. The van der Waals surface area contributed by atoms with Gasteiger partial charge in [-0.2, -0.15) is 0 Å². The van der Waals surface area contributed by atoms with E-state index < -0.39 is 0 Å². The number of hydrogen-bond donors (Lipinski definition) is 1. The number of nitrogens with one attached hydrogen (secondary N) is 1. The number of nitrogens with zero attached hydrogens (tertiary/aromatic N) is 3. The fourth-order valence-electron chi connectivity index (χ4n) is 3.02. The lowest BCUT2D eigenvalue weighted by Crippen LogP contribution is -2.35. The molecule has 0 saturated heterocycles. The molecule has 4 rings (SSSR count). The first-order valence-corrected chi connectivity index (χ1v) is 9.14. The van der Waals surface area contributed by atoms with Crippen LogP contribution in [-0.4, -0.2) is 32.9 Å². The molecule has 1 atom stereocenters. The molecule has 0 aliphatic carbocycles. The maximum atomic E-state index is 12.8. The summed E-state index contributed by atoms with van der Waals surface area (Å²) >= 11 is 1.38. The summed E-state index contributed by atoms with van der Waals surface area (Å²) in [5.74, 6) is 0.815. The van der Waals surface area contributed by atoms with Crippen molar-refractivity contribution in [2.75, 3.05) is 11.4 Å². The third kappa shape index (κ3) is 3.17. The van der Waals surface area contributed by atoms with E-state index in [1.807, 2.05) is 60.4 Å². The standard InChI is InChI=1S/C19H18N4OS/c1-13(18(24)23-12-11-14-7-5-6-10-16(14)23)25-19-20-17(21-22-19)15-8-3-2-4-9-15/h2-10,13H,11-12H2,1H3,(H,20,21,22)/t13-/m1/s1. The number of aromatic amines is 1. The van der Waals surface area contributed by atoms with Crippen molar-refractivity contribution < 1.29 is 4.79 Å². The van der Waals surface area contributed by atoms with Crippen molar-refractivity contribution >= 4 is 23.4 Å². The number of fused-ring (bicyclic) bond motifs is 1. The van der Waals surface area contributed by atoms with Gasteiger partial charge in [0.15, 0.2) is 5.82 Å². The minimum absolute atomic E-state index is 0.0982. The Bertz CT molecular complexity index is 893. The normalized spacial score (nSPS) is 14.4. The zero-order valence-corrected chi connectivity index (χ0v) is 14.7. The van der Waals surface area contributed by atoms with E-state index >= 15 is 0 Å². The second-order valence-corrected chi connectivity index (χ2v) is 7.27. The fourth-order valence-corrected chi connectivity index (χ4v) is 3.81. The van der Waals surface area contributed by atoms with Gasteiger partial charge in [0.2, 0.25) is 11.1 Å². The van der Waals surface area contributed by atoms with E-state index in [0.717, 1.165) is 24.2 Å². The molecule has 0 radical (unpaired) electrons. The zero-order valence-electron chi connectivity index (χ0n) is 13.8. The topological polar surface area (TPSA) is 61.9 Å². The van der Waals surface area contributed by atoms with Gasteiger partial charge in [-0.25, -0.2) is 4.98 Å². The van der Waals surface area contributed by atoms with E-state index in [1.165, 1.54) is 17.3 Å². The van der Waals surface area contributed by atoms with Crippen molar-refractivity contribution in [1.82, 2.24) is 15.2 Å². The zero-order chi connectivity index (χ0) is 17.2. The molecule has 1 aliphatic heterocycles. The SMILES string of the molecule is C[C@@H](Sc1n[nH]c(-c2ccccc2)n1)C(=O)N1CCc2ccccc21. The number of amides is 1. The van der Waals surface area contributed by atoms with Crippen molar-refractivity contribution in [3.8, 4) is 11.4 Å². The average molecular weight is 350 g/mol. The number of anilines is 1. The van der Waals surface area contributed by atoms with Gasteiger partial charge < -0.3 is 4.90 Å². The number of thioether (sulfide) groups is 1. The van der Waals surface area contributed by atoms with Gasteiger partial charge in [0, 0.05) is 17.8 Å². The van der Waals surface area contributed by atoms with E-state index in [1.54, 1.807) is 0 Å². The minimum atomic E-state index is -0.245. The molecule has 1 aromatic heterocycles. The van der Waals surface area contributed by atoms with Gasteiger partial charge in [-0.1, -0.05) is 60.3 Å². The summed E-state index contributed by atoms with van der Waals surface area (Å²) in [6, 6.07) is 17.9. The molecule has 0 spiro atoms. The molecular weight excluding hydrogens is 332 g/mol. The third-order valence-corrected chi connectivity index (χ3v) is 5.24. The summed E-state index contributed by atoms with van der Waals surface area (Å²) in [6.45, 7) is 2.65. The van der Waals surface area contributed by atoms with E-state index in [0.29, 0.717) is 11.0 Å². The van der Waals surface area contributed by atoms with Gasteiger partial charge in [0.1, 0.15) is 0 Å². The number of H-pyrrole nitrogens is 1. The van der Waals surface area contributed by atoms with Crippen LogP contribution >= 0.6 is 11.8 Å². The summed E-state index contributed by atoms with van der Waals surface area (Å²) in [5, 5.41) is 7.53. The van der Waals surface area contributed by atoms with E-state index in [9.17, 15) is 4.79 Å². The Labute approximate surface area is 150 Å². The van der Waals surface area contributed by atoms with Crippen molar-refractivity contribution in [3.05, 3.63) is 60.2 Å². The first kappa shape index (κ1) is 15.9. The monoisotopic (exact) mass is 350 g/mol. The molecule has 3 aromatic rings. The van der Waals surface area contributed by atoms with Crippen LogP contribution in [0.1, 0.15) is 12.5 Å². The van der Waals surface area contributed by atoms with Crippen molar-refractivity contribution in [1.29, 1.82) is 0 Å². The minimum Gasteiger partial charge on any atom is -0.311 e. The molecular formula is C19H18N4OS. The van der Waals surface area contributed by atoms with Crippen LogP contribution in [-0.2, 0) is 11.2 Å². The summed E-state index contributed by atoms with van der Waals surface area (Å²) < 4.78 is 0. The number of rotatable bonds is 4. The fraction of sp³-hybridized carbons (Fsp3) is 0.211. The smallest absolute Gasteiger partial charge is 0.240 e. The van der Waals surface area contributed by atoms with Crippen molar-refractivity contribution in [2.45, 2.75) is 23.8 Å². The Morgan fingerprint density at radius 2 is 1.92 bits per heavy atom. The number of para-hydroxylation sites is 1. The second kappa shape index (κ2) is 6.72. The van der Waals surface area contributed by atoms with Gasteiger partial charge in [0.05, 0.1) is 5.25 Å². The molecule has 2 aromatic carbocycles. The number of aromatic nitrogens is 3. The molecule has 126 valence electrons. The first-order valence-electron chi connectivity index (χ1n) is 8.26. The number of hydrogen-bond acceptors (Lipinski definition) is 4. The van der Waals surface area contributed by atoms with Gasteiger partial charge in [-0.05, 0) is 25.0 Å². The first-order chi connectivity index (χ1) is 12.2. The van der Waals surface area contributed by atoms with Gasteiger partial charge >= 0.3 is 0 Å². The Morgan fingerprint density at radius 3 is 2.76 bits per heavy atom. The molecule has 25 heavy (non-hydrogen) atoms. The molecule has 1 N–H and O–H groups in total. The maximum absolute atomic E-state index is 12.8. The van der Waals surface area contributed by atoms with Crippen molar-refractivity contribution in [3.63, 3.8) is 0 Å². The van der Waals surface area contributed by atoms with Crippen molar-refractivity contribution in [2.24, 2.45) is 0 Å². The van der Waals surface area contributed by atoms with Crippen LogP contribution < -0.4 is 4.90 Å². The van der Waals surface area contributed by atoms with Crippen LogP contribution in [0, 0.1) is 0 Å². The lowest BCUT2D eigenvalue weighted by Gasteiger charge is -2.20. The van der Waals surface area contributed by atoms with E-state index in [-0.39, 0.29) is 11.2 Å². The molecule has 5 nitrogen and oxygen atoms in total.